The van der Waals surface area contributed by atoms with Gasteiger partial charge in [0.05, 0.1) is 15.6 Å². The van der Waals surface area contributed by atoms with Gasteiger partial charge < -0.3 is 0 Å². The highest BCUT2D eigenvalue weighted by Gasteiger charge is 2.32. The van der Waals surface area contributed by atoms with Gasteiger partial charge in [0.15, 0.2) is 0 Å². The molecule has 0 spiro atoms. The number of hydrogen-bond acceptors (Lipinski definition) is 2. The predicted octanol–water partition coefficient (Wildman–Crippen LogP) is 5.29. The highest BCUT2D eigenvalue weighted by Crippen LogP contribution is 2.38. The van der Waals surface area contributed by atoms with Gasteiger partial charge >= 0.3 is 6.18 Å². The number of aromatic nitrogens is 2. The Morgan fingerprint density at radius 3 is 2.27 bits per heavy atom. The third-order valence-electron chi connectivity index (χ3n) is 3.02. The topological polar surface area (TPSA) is 44.5 Å². The van der Waals surface area contributed by atoms with Crippen LogP contribution in [0.4, 0.5) is 13.2 Å². The minimum absolute atomic E-state index is 0.0543. The molecule has 0 aliphatic rings. The molecule has 0 unspecified atom stereocenters. The van der Waals surface area contributed by atoms with Crippen LogP contribution in [0.3, 0.4) is 0 Å². The lowest BCUT2D eigenvalue weighted by atomic mass is 10.1. The molecule has 0 fully saturated rings. The average molecular weight is 366 g/mol. The van der Waals surface area contributed by atoms with E-state index in [0.29, 0.717) is 16.6 Å². The lowest BCUT2D eigenvalue weighted by Crippen LogP contribution is -2.08. The zero-order valence-corrected chi connectivity index (χ0v) is 13.4. The molecule has 0 amide bonds. The van der Waals surface area contributed by atoms with Gasteiger partial charge in [0, 0.05) is 5.56 Å². The molecule has 0 radical (unpaired) electrons. The van der Waals surface area contributed by atoms with Crippen LogP contribution in [0.5, 0.6) is 0 Å². The first-order chi connectivity index (χ1) is 10.2. The van der Waals surface area contributed by atoms with Crippen LogP contribution in [0.1, 0.15) is 23.7 Å². The number of alkyl halides is 3. The summed E-state index contributed by atoms with van der Waals surface area (Å²) in [5, 5.41) is 11.5. The van der Waals surface area contributed by atoms with E-state index in [-0.39, 0.29) is 21.4 Å². The first kappa shape index (κ1) is 16.9. The van der Waals surface area contributed by atoms with E-state index in [9.17, 15) is 18.4 Å². The Hall–Kier alpha value is -1.49. The second kappa shape index (κ2) is 5.95. The highest BCUT2D eigenvalue weighted by molar-refractivity contribution is 7.71. The van der Waals surface area contributed by atoms with Gasteiger partial charge in [-0.3, -0.25) is 5.10 Å². The number of nitriles is 1. The Morgan fingerprint density at radius 1 is 1.32 bits per heavy atom. The molecule has 0 saturated carbocycles. The third kappa shape index (κ3) is 2.86. The van der Waals surface area contributed by atoms with E-state index in [4.69, 9.17) is 35.4 Å². The van der Waals surface area contributed by atoms with E-state index in [1.54, 1.807) is 6.92 Å². The molecule has 2 rings (SSSR count). The summed E-state index contributed by atoms with van der Waals surface area (Å²) in [4.78, 5) is 0. The summed E-state index contributed by atoms with van der Waals surface area (Å²) in [6.07, 6.45) is -4.08. The van der Waals surface area contributed by atoms with Crippen LogP contribution in [0, 0.1) is 16.0 Å². The second-order valence-electron chi connectivity index (χ2n) is 4.36. The molecule has 0 bridgehead atoms. The maximum Gasteiger partial charge on any atom is 0.416 e. The molecule has 1 aromatic carbocycles. The average Bonchev–Trinajstić information content (AvgIpc) is 2.72. The van der Waals surface area contributed by atoms with Gasteiger partial charge in [0.25, 0.3) is 0 Å². The second-order valence-corrected chi connectivity index (χ2v) is 5.58. The Balaban J connectivity index is 2.76. The zero-order valence-electron chi connectivity index (χ0n) is 11.1. The van der Waals surface area contributed by atoms with Crippen LogP contribution in [0.2, 0.25) is 10.0 Å². The fraction of sp³-hybridized carbons (Fsp3) is 0.231. The molecule has 9 heteroatoms. The van der Waals surface area contributed by atoms with E-state index in [2.05, 4.69) is 5.10 Å². The SMILES string of the molecule is CCc1c(C#N)n(-c2c(Cl)cc(C(F)(F)F)cc2Cl)[nH]c1=S. The first-order valence-corrected chi connectivity index (χ1v) is 7.17. The normalized spacial score (nSPS) is 11.5. The van der Waals surface area contributed by atoms with Crippen LogP contribution in [0.25, 0.3) is 5.69 Å². The van der Waals surface area contributed by atoms with E-state index in [1.807, 2.05) is 6.07 Å². The van der Waals surface area contributed by atoms with Crippen molar-refractivity contribution < 1.29 is 13.2 Å². The number of nitrogens with one attached hydrogen (secondary N) is 1. The standard InChI is InChI=1S/C13H8Cl2F3N3S/c1-2-7-10(5-19)21(20-12(7)22)11-8(14)3-6(4-9(11)15)13(16,17)18/h3-4H,2H2,1H3,(H,20,22). The summed E-state index contributed by atoms with van der Waals surface area (Å²) in [5.41, 5.74) is -0.175. The van der Waals surface area contributed by atoms with Crippen molar-refractivity contribution in [2.75, 3.05) is 0 Å². The number of nitrogens with zero attached hydrogens (tertiary/aromatic N) is 2. The molecule has 2 aromatic rings. The van der Waals surface area contributed by atoms with Crippen molar-refractivity contribution in [3.8, 4) is 11.8 Å². The molecule has 22 heavy (non-hydrogen) atoms. The molecule has 0 saturated heterocycles. The minimum atomic E-state index is -4.57. The Kier molecular flexibility index (Phi) is 4.57. The maximum atomic E-state index is 12.7. The fourth-order valence-corrected chi connectivity index (χ4v) is 3.01. The molecular formula is C13H8Cl2F3N3S. The number of hydrogen-bond donors (Lipinski definition) is 1. The van der Waals surface area contributed by atoms with Crippen molar-refractivity contribution >= 4 is 35.4 Å². The lowest BCUT2D eigenvalue weighted by Gasteiger charge is -2.13. The van der Waals surface area contributed by atoms with Gasteiger partial charge in [0.2, 0.25) is 0 Å². The molecular weight excluding hydrogens is 358 g/mol. The number of benzene rings is 1. The van der Waals surface area contributed by atoms with E-state index in [0.717, 1.165) is 12.1 Å². The van der Waals surface area contributed by atoms with Crippen molar-refractivity contribution in [2.24, 2.45) is 0 Å². The van der Waals surface area contributed by atoms with Crippen molar-refractivity contribution in [1.29, 1.82) is 5.26 Å². The third-order valence-corrected chi connectivity index (χ3v) is 3.94. The molecule has 116 valence electrons. The van der Waals surface area contributed by atoms with Gasteiger partial charge in [0.1, 0.15) is 22.1 Å². The van der Waals surface area contributed by atoms with Crippen LogP contribution in [-0.2, 0) is 12.6 Å². The van der Waals surface area contributed by atoms with Crippen LogP contribution < -0.4 is 0 Å². The Labute approximate surface area is 138 Å². The lowest BCUT2D eigenvalue weighted by molar-refractivity contribution is -0.137. The summed E-state index contributed by atoms with van der Waals surface area (Å²) in [6.45, 7) is 1.81. The fourth-order valence-electron chi connectivity index (χ4n) is 2.02. The Bertz CT molecular complexity index is 808. The molecule has 1 aromatic heterocycles. The number of rotatable bonds is 2. The minimum Gasteiger partial charge on any atom is -0.282 e. The molecule has 1 heterocycles. The van der Waals surface area contributed by atoms with E-state index < -0.39 is 11.7 Å². The molecule has 1 N–H and O–H groups in total. The zero-order chi connectivity index (χ0) is 16.7. The van der Waals surface area contributed by atoms with Crippen molar-refractivity contribution in [2.45, 2.75) is 19.5 Å². The van der Waals surface area contributed by atoms with Gasteiger partial charge in [-0.05, 0) is 18.6 Å². The van der Waals surface area contributed by atoms with E-state index >= 15 is 0 Å². The van der Waals surface area contributed by atoms with E-state index in [1.165, 1.54) is 4.68 Å². The van der Waals surface area contributed by atoms with Crippen LogP contribution in [-0.4, -0.2) is 9.78 Å². The highest BCUT2D eigenvalue weighted by atomic mass is 35.5. The smallest absolute Gasteiger partial charge is 0.282 e. The largest absolute Gasteiger partial charge is 0.416 e. The monoisotopic (exact) mass is 365 g/mol. The summed E-state index contributed by atoms with van der Waals surface area (Å²) in [6, 6.07) is 3.47. The van der Waals surface area contributed by atoms with Crippen LogP contribution in [0.15, 0.2) is 12.1 Å². The molecule has 3 nitrogen and oxygen atoms in total. The summed E-state index contributed by atoms with van der Waals surface area (Å²) in [7, 11) is 0. The predicted molar refractivity (Wildman–Crippen MR) is 80.1 cm³/mol. The Morgan fingerprint density at radius 2 is 1.86 bits per heavy atom. The number of halogens is 5. The quantitative estimate of drug-likeness (QED) is 0.734. The van der Waals surface area contributed by atoms with Gasteiger partial charge in [-0.1, -0.05) is 42.3 Å². The summed E-state index contributed by atoms with van der Waals surface area (Å²) < 4.78 is 39.8. The number of aromatic amines is 1. The van der Waals surface area contributed by atoms with Crippen molar-refractivity contribution in [3.63, 3.8) is 0 Å². The first-order valence-electron chi connectivity index (χ1n) is 6.01. The van der Waals surface area contributed by atoms with Gasteiger partial charge in [-0.25, -0.2) is 4.68 Å². The molecule has 0 aliphatic heterocycles. The summed E-state index contributed by atoms with van der Waals surface area (Å²) in [5.74, 6) is 0. The van der Waals surface area contributed by atoms with Gasteiger partial charge in [-0.2, -0.15) is 18.4 Å². The van der Waals surface area contributed by atoms with Crippen molar-refractivity contribution in [3.05, 3.63) is 43.6 Å². The molecule has 0 aliphatic carbocycles. The maximum absolute atomic E-state index is 12.7. The van der Waals surface area contributed by atoms with Gasteiger partial charge in [-0.15, -0.1) is 0 Å². The summed E-state index contributed by atoms with van der Waals surface area (Å²) >= 11 is 17.0. The molecule has 0 atom stereocenters. The van der Waals surface area contributed by atoms with Crippen LogP contribution >= 0.6 is 35.4 Å². The number of H-pyrrole nitrogens is 1. The van der Waals surface area contributed by atoms with Crippen molar-refractivity contribution in [1.82, 2.24) is 9.78 Å².